The van der Waals surface area contributed by atoms with Crippen molar-refractivity contribution in [2.45, 2.75) is 5.41 Å². The van der Waals surface area contributed by atoms with Crippen LogP contribution in [0.2, 0.25) is 0 Å². The van der Waals surface area contributed by atoms with Gasteiger partial charge in [0.1, 0.15) is 11.2 Å². The molecule has 10 aromatic carbocycles. The maximum absolute atomic E-state index is 7.04. The molecule has 0 N–H and O–H groups in total. The topological polar surface area (TPSA) is 16.4 Å². The smallest absolute Gasteiger partial charge is 0.143 e. The van der Waals surface area contributed by atoms with Gasteiger partial charge >= 0.3 is 0 Å². The molecule has 0 saturated heterocycles. The van der Waals surface area contributed by atoms with Crippen LogP contribution in [0.5, 0.6) is 0 Å². The summed E-state index contributed by atoms with van der Waals surface area (Å²) >= 11 is 0. The highest BCUT2D eigenvalue weighted by atomic mass is 16.3. The van der Waals surface area contributed by atoms with E-state index in [4.69, 9.17) is 4.42 Å². The summed E-state index contributed by atoms with van der Waals surface area (Å²) in [6.45, 7) is 0. The first-order valence-corrected chi connectivity index (χ1v) is 21.8. The Balaban J connectivity index is 1.03. The van der Waals surface area contributed by atoms with Crippen molar-refractivity contribution in [3.05, 3.63) is 259 Å². The van der Waals surface area contributed by atoms with Crippen molar-refractivity contribution in [3.8, 4) is 55.6 Å². The van der Waals surface area contributed by atoms with Crippen molar-refractivity contribution in [3.63, 3.8) is 0 Å². The summed E-state index contributed by atoms with van der Waals surface area (Å²) < 4.78 is 7.04. The zero-order chi connectivity index (χ0) is 41.5. The van der Waals surface area contributed by atoms with E-state index >= 15 is 0 Å². The molecule has 1 aromatic heterocycles. The van der Waals surface area contributed by atoms with Gasteiger partial charge in [-0.2, -0.15) is 0 Å². The van der Waals surface area contributed by atoms with E-state index in [2.05, 4.69) is 241 Å². The molecule has 1 spiro atoms. The summed E-state index contributed by atoms with van der Waals surface area (Å²) in [7, 11) is 0. The van der Waals surface area contributed by atoms with Crippen LogP contribution in [0, 0.1) is 0 Å². The minimum absolute atomic E-state index is 0.534. The number of rotatable bonds is 6. The van der Waals surface area contributed by atoms with Crippen LogP contribution in [-0.4, -0.2) is 0 Å². The first-order chi connectivity index (χ1) is 31.3. The molecule has 0 saturated carbocycles. The Labute approximate surface area is 366 Å². The van der Waals surface area contributed by atoms with E-state index in [9.17, 15) is 0 Å². The molecule has 2 aliphatic rings. The molecule has 294 valence electrons. The summed E-state index contributed by atoms with van der Waals surface area (Å²) in [6, 6.07) is 86.2. The van der Waals surface area contributed by atoms with Crippen LogP contribution in [0.4, 0.5) is 17.1 Å². The summed E-state index contributed by atoms with van der Waals surface area (Å²) in [5, 5.41) is 2.26. The van der Waals surface area contributed by atoms with Crippen molar-refractivity contribution in [2.75, 3.05) is 4.90 Å². The summed E-state index contributed by atoms with van der Waals surface area (Å²) in [6.07, 6.45) is 0. The highest BCUT2D eigenvalue weighted by Crippen LogP contribution is 2.65. The fraction of sp³-hybridized carbons (Fsp3) is 0.0164. The average Bonchev–Trinajstić information content (AvgIpc) is 3.99. The SMILES string of the molecule is c1ccc(-c2ccc(N(c3ccc(-c4ccccc4)cc3)c3ccc(-c4c5c(cc6c4oc4ccccc46)-c4ccccc4C54c5ccccc5-c5ccccc54)cc3)cc2)cc1. The lowest BCUT2D eigenvalue weighted by atomic mass is 9.68. The molecule has 0 aliphatic heterocycles. The van der Waals surface area contributed by atoms with Gasteiger partial charge in [0.2, 0.25) is 0 Å². The third-order valence-corrected chi connectivity index (χ3v) is 13.5. The molecule has 63 heavy (non-hydrogen) atoms. The lowest BCUT2D eigenvalue weighted by Gasteiger charge is -2.32. The largest absolute Gasteiger partial charge is 0.455 e. The molecule has 2 heteroatoms. The Morgan fingerprint density at radius 3 is 1.22 bits per heavy atom. The van der Waals surface area contributed by atoms with E-state index in [0.717, 1.165) is 50.1 Å². The third-order valence-electron chi connectivity index (χ3n) is 13.5. The van der Waals surface area contributed by atoms with Gasteiger partial charge in [0, 0.05) is 33.4 Å². The first-order valence-electron chi connectivity index (χ1n) is 21.8. The van der Waals surface area contributed by atoms with Gasteiger partial charge in [-0.3, -0.25) is 0 Å². The number of para-hydroxylation sites is 1. The molecule has 0 fully saturated rings. The molecular formula is C61H39NO. The molecule has 0 atom stereocenters. The van der Waals surface area contributed by atoms with E-state index in [1.165, 1.54) is 66.8 Å². The summed E-state index contributed by atoms with van der Waals surface area (Å²) in [5.41, 5.74) is 21.9. The van der Waals surface area contributed by atoms with Crippen LogP contribution in [0.15, 0.2) is 241 Å². The lowest BCUT2D eigenvalue weighted by Crippen LogP contribution is -2.26. The number of anilines is 3. The molecule has 0 unspecified atom stereocenters. The van der Waals surface area contributed by atoms with Crippen LogP contribution in [0.3, 0.4) is 0 Å². The Kier molecular flexibility index (Phi) is 7.85. The van der Waals surface area contributed by atoms with Crippen molar-refractivity contribution in [1.29, 1.82) is 0 Å². The molecule has 1 heterocycles. The Morgan fingerprint density at radius 2 is 0.714 bits per heavy atom. The molecule has 0 bridgehead atoms. The first kappa shape index (κ1) is 35.5. The highest BCUT2D eigenvalue weighted by molar-refractivity contribution is 6.15. The second-order valence-corrected chi connectivity index (χ2v) is 16.7. The maximum atomic E-state index is 7.04. The van der Waals surface area contributed by atoms with Crippen LogP contribution in [0.25, 0.3) is 77.6 Å². The van der Waals surface area contributed by atoms with Crippen LogP contribution in [-0.2, 0) is 5.41 Å². The van der Waals surface area contributed by atoms with Gasteiger partial charge in [-0.05, 0) is 121 Å². The van der Waals surface area contributed by atoms with E-state index in [0.29, 0.717) is 0 Å². The average molecular weight is 802 g/mol. The standard InChI is InChI=1S/C61H39NO/c1-3-15-40(16-4-1)42-27-33-45(34-28-42)62(46-35-29-43(30-36-46)41-17-5-2-6-18-41)47-37-31-44(32-38-47)58-59-52(39-53-51-22-10-14-26-57(51)63-60(53)58)50-21-9-13-25-56(50)61(59)54-23-11-7-19-48(54)49-20-8-12-24-55(49)61/h1-39H. The Morgan fingerprint density at radius 1 is 0.317 bits per heavy atom. The number of hydrogen-bond acceptors (Lipinski definition) is 2. The lowest BCUT2D eigenvalue weighted by molar-refractivity contribution is 0.668. The highest BCUT2D eigenvalue weighted by Gasteiger charge is 2.53. The monoisotopic (exact) mass is 801 g/mol. The molecule has 11 aromatic rings. The maximum Gasteiger partial charge on any atom is 0.143 e. The van der Waals surface area contributed by atoms with E-state index in [1.54, 1.807) is 0 Å². The van der Waals surface area contributed by atoms with E-state index < -0.39 is 5.41 Å². The zero-order valence-corrected chi connectivity index (χ0v) is 34.4. The van der Waals surface area contributed by atoms with Crippen molar-refractivity contribution >= 4 is 39.0 Å². The van der Waals surface area contributed by atoms with Gasteiger partial charge in [-0.15, -0.1) is 0 Å². The van der Waals surface area contributed by atoms with Crippen molar-refractivity contribution in [2.24, 2.45) is 0 Å². The number of hydrogen-bond donors (Lipinski definition) is 0. The normalized spacial score (nSPS) is 12.9. The van der Waals surface area contributed by atoms with Gasteiger partial charge in [-0.25, -0.2) is 0 Å². The second kappa shape index (κ2) is 13.9. The Hall–Kier alpha value is -8.20. The van der Waals surface area contributed by atoms with Gasteiger partial charge in [-0.1, -0.05) is 188 Å². The predicted molar refractivity (Wildman–Crippen MR) is 261 cm³/mol. The molecule has 2 aliphatic carbocycles. The minimum Gasteiger partial charge on any atom is -0.455 e. The van der Waals surface area contributed by atoms with Crippen molar-refractivity contribution in [1.82, 2.24) is 0 Å². The van der Waals surface area contributed by atoms with E-state index in [1.807, 2.05) is 0 Å². The van der Waals surface area contributed by atoms with Crippen molar-refractivity contribution < 1.29 is 4.42 Å². The Bertz CT molecular complexity index is 3400. The molecule has 2 nitrogen and oxygen atoms in total. The zero-order valence-electron chi connectivity index (χ0n) is 34.4. The minimum atomic E-state index is -0.534. The van der Waals surface area contributed by atoms with Gasteiger partial charge in [0.05, 0.1) is 5.41 Å². The number of benzene rings is 10. The number of nitrogens with zero attached hydrogens (tertiary/aromatic N) is 1. The van der Waals surface area contributed by atoms with Crippen LogP contribution in [0.1, 0.15) is 22.3 Å². The molecule has 0 radical (unpaired) electrons. The molecule has 13 rings (SSSR count). The van der Waals surface area contributed by atoms with Gasteiger partial charge in [0.15, 0.2) is 0 Å². The summed E-state index contributed by atoms with van der Waals surface area (Å²) in [4.78, 5) is 2.36. The number of furan rings is 1. The quantitative estimate of drug-likeness (QED) is 0.167. The molecule has 0 amide bonds. The predicted octanol–water partition coefficient (Wildman–Crippen LogP) is 16.4. The summed E-state index contributed by atoms with van der Waals surface area (Å²) in [5.74, 6) is 0. The fourth-order valence-electron chi connectivity index (χ4n) is 10.8. The van der Waals surface area contributed by atoms with Gasteiger partial charge < -0.3 is 9.32 Å². The second-order valence-electron chi connectivity index (χ2n) is 16.7. The van der Waals surface area contributed by atoms with Crippen LogP contribution >= 0.6 is 0 Å². The van der Waals surface area contributed by atoms with E-state index in [-0.39, 0.29) is 0 Å². The third kappa shape index (κ3) is 5.25. The fourth-order valence-corrected chi connectivity index (χ4v) is 10.8. The van der Waals surface area contributed by atoms with Crippen LogP contribution < -0.4 is 4.90 Å². The van der Waals surface area contributed by atoms with Gasteiger partial charge in [0.25, 0.3) is 0 Å². The molecular weight excluding hydrogens is 763 g/mol. The number of fused-ring (bicyclic) bond motifs is 13.